The van der Waals surface area contributed by atoms with E-state index in [1.165, 1.54) is 25.7 Å². The van der Waals surface area contributed by atoms with Gasteiger partial charge in [-0.25, -0.2) is 0 Å². The Balaban J connectivity index is 2.04. The van der Waals surface area contributed by atoms with Crippen LogP contribution in [0.3, 0.4) is 0 Å². The van der Waals surface area contributed by atoms with E-state index in [0.29, 0.717) is 11.4 Å². The Bertz CT molecular complexity index is 220. The summed E-state index contributed by atoms with van der Waals surface area (Å²) < 4.78 is 0. The molecule has 2 fully saturated rings. The lowest BCUT2D eigenvalue weighted by molar-refractivity contribution is -0.136. The molecule has 2 rings (SSSR count). The molecule has 2 nitrogen and oxygen atoms in total. The van der Waals surface area contributed by atoms with Crippen molar-refractivity contribution in [2.75, 3.05) is 6.54 Å². The van der Waals surface area contributed by atoms with Crippen LogP contribution >= 0.6 is 0 Å². The Morgan fingerprint density at radius 3 is 2.69 bits per heavy atom. The van der Waals surface area contributed by atoms with E-state index < -0.39 is 0 Å². The van der Waals surface area contributed by atoms with Gasteiger partial charge in [0.15, 0.2) is 0 Å². The lowest BCUT2D eigenvalue weighted by Gasteiger charge is -2.27. The Kier molecular flexibility index (Phi) is 2.09. The Labute approximate surface area is 80.3 Å². The molecule has 1 heterocycles. The van der Waals surface area contributed by atoms with E-state index in [2.05, 4.69) is 18.7 Å². The zero-order valence-corrected chi connectivity index (χ0v) is 8.68. The van der Waals surface area contributed by atoms with E-state index >= 15 is 0 Å². The molecule has 0 radical (unpaired) electrons. The number of hydrogen-bond donors (Lipinski definition) is 0. The number of likely N-dealkylation sites (tertiary alicyclic amines) is 1. The molecule has 1 aliphatic heterocycles. The van der Waals surface area contributed by atoms with Gasteiger partial charge >= 0.3 is 0 Å². The minimum absolute atomic E-state index is 0.232. The number of nitrogens with zero attached hydrogens (tertiary/aromatic N) is 1. The second-order valence-corrected chi connectivity index (χ2v) is 4.63. The smallest absolute Gasteiger partial charge is 0.225 e. The average molecular weight is 181 g/mol. The van der Waals surface area contributed by atoms with Crippen LogP contribution in [0.2, 0.25) is 0 Å². The van der Waals surface area contributed by atoms with Crippen molar-refractivity contribution in [1.82, 2.24) is 4.90 Å². The van der Waals surface area contributed by atoms with Crippen molar-refractivity contribution < 1.29 is 4.79 Å². The maximum Gasteiger partial charge on any atom is 0.225 e. The first kappa shape index (κ1) is 9.04. The highest BCUT2D eigenvalue weighted by Crippen LogP contribution is 2.49. The summed E-state index contributed by atoms with van der Waals surface area (Å²) in [6, 6.07) is 0. The van der Waals surface area contributed by atoms with Gasteiger partial charge in [-0.2, -0.15) is 0 Å². The fourth-order valence-corrected chi connectivity index (χ4v) is 2.39. The maximum absolute atomic E-state index is 12.0. The van der Waals surface area contributed by atoms with Crippen LogP contribution in [0.4, 0.5) is 0 Å². The predicted octanol–water partition coefficient (Wildman–Crippen LogP) is 2.19. The summed E-state index contributed by atoms with van der Waals surface area (Å²) in [5.41, 5.74) is 0.348. The summed E-state index contributed by atoms with van der Waals surface area (Å²) in [5.74, 6) is 0.632. The van der Waals surface area contributed by atoms with Crippen LogP contribution in [0.15, 0.2) is 0 Å². The Hall–Kier alpha value is -0.530. The molecule has 1 atom stereocenters. The van der Waals surface area contributed by atoms with Crippen molar-refractivity contribution in [3.8, 4) is 0 Å². The predicted molar refractivity (Wildman–Crippen MR) is 52.4 cm³/mol. The minimum atomic E-state index is 0.232. The highest BCUT2D eigenvalue weighted by molar-refractivity contribution is 5.80. The second-order valence-electron chi connectivity index (χ2n) is 4.63. The van der Waals surface area contributed by atoms with Gasteiger partial charge in [-0.3, -0.25) is 4.79 Å². The van der Waals surface area contributed by atoms with Gasteiger partial charge in [0.1, 0.15) is 0 Å². The van der Waals surface area contributed by atoms with Crippen molar-refractivity contribution in [3.05, 3.63) is 0 Å². The molecule has 2 aliphatic rings. The van der Waals surface area contributed by atoms with Crippen molar-refractivity contribution in [2.45, 2.75) is 51.5 Å². The molecule has 0 bridgehead atoms. The van der Waals surface area contributed by atoms with Gasteiger partial charge in [-0.15, -0.1) is 0 Å². The first-order chi connectivity index (χ1) is 6.19. The largest absolute Gasteiger partial charge is 0.337 e. The van der Waals surface area contributed by atoms with Crippen LogP contribution < -0.4 is 0 Å². The third-order valence-corrected chi connectivity index (χ3v) is 3.72. The summed E-state index contributed by atoms with van der Waals surface area (Å²) in [6.45, 7) is 5.16. The summed E-state index contributed by atoms with van der Waals surface area (Å²) >= 11 is 0. The summed E-state index contributed by atoms with van der Waals surface area (Å²) in [4.78, 5) is 14.1. The third kappa shape index (κ3) is 1.36. The van der Waals surface area contributed by atoms with Gasteiger partial charge < -0.3 is 4.90 Å². The van der Waals surface area contributed by atoms with Crippen LogP contribution in [0.1, 0.15) is 46.0 Å². The molecule has 1 aliphatic carbocycles. The van der Waals surface area contributed by atoms with E-state index in [9.17, 15) is 4.79 Å². The monoisotopic (exact) mass is 181 g/mol. The molecule has 0 aromatic heterocycles. The van der Waals surface area contributed by atoms with Crippen LogP contribution in [0.25, 0.3) is 0 Å². The highest BCUT2D eigenvalue weighted by Gasteiger charge is 2.52. The normalized spacial score (nSPS) is 26.5. The Morgan fingerprint density at radius 2 is 2.15 bits per heavy atom. The number of hydrogen-bond acceptors (Lipinski definition) is 1. The lowest BCUT2D eigenvalue weighted by Crippen LogP contribution is -2.40. The quantitative estimate of drug-likeness (QED) is 0.639. The van der Waals surface area contributed by atoms with Gasteiger partial charge in [0.05, 0.1) is 0 Å². The molecule has 1 saturated heterocycles. The number of carbonyl (C=O) groups excluding carboxylic acids is 1. The maximum atomic E-state index is 12.0. The molecule has 2 heteroatoms. The molecular weight excluding hydrogens is 162 g/mol. The molecule has 0 aromatic carbocycles. The van der Waals surface area contributed by atoms with E-state index in [1.54, 1.807) is 0 Å². The molecule has 13 heavy (non-hydrogen) atoms. The number of rotatable bonds is 2. The van der Waals surface area contributed by atoms with E-state index in [0.717, 1.165) is 13.0 Å². The topological polar surface area (TPSA) is 20.3 Å². The SMILES string of the molecule is CCC(C)C(=O)N1CCCC12CC2. The minimum Gasteiger partial charge on any atom is -0.337 e. The molecule has 1 saturated carbocycles. The van der Waals surface area contributed by atoms with Crippen LogP contribution in [-0.2, 0) is 4.79 Å². The third-order valence-electron chi connectivity index (χ3n) is 3.72. The Morgan fingerprint density at radius 1 is 1.46 bits per heavy atom. The van der Waals surface area contributed by atoms with Crippen LogP contribution in [0, 0.1) is 5.92 Å². The zero-order chi connectivity index (χ0) is 9.47. The molecule has 0 N–H and O–H groups in total. The molecule has 1 spiro atoms. The van der Waals surface area contributed by atoms with Gasteiger partial charge in [-0.05, 0) is 32.1 Å². The lowest BCUT2D eigenvalue weighted by atomic mass is 10.1. The standard InChI is InChI=1S/C11H19NO/c1-3-9(2)10(13)12-8-4-5-11(12)6-7-11/h9H,3-8H2,1-2H3. The first-order valence-electron chi connectivity index (χ1n) is 5.51. The summed E-state index contributed by atoms with van der Waals surface area (Å²) in [7, 11) is 0. The zero-order valence-electron chi connectivity index (χ0n) is 8.68. The van der Waals surface area contributed by atoms with Crippen LogP contribution in [0.5, 0.6) is 0 Å². The fraction of sp³-hybridized carbons (Fsp3) is 0.909. The molecule has 1 unspecified atom stereocenters. The van der Waals surface area contributed by atoms with Gasteiger partial charge in [0.2, 0.25) is 5.91 Å². The molecule has 74 valence electrons. The fourth-order valence-electron chi connectivity index (χ4n) is 2.39. The summed E-state index contributed by atoms with van der Waals surface area (Å²) in [6.07, 6.45) is 5.98. The van der Waals surface area contributed by atoms with Gasteiger partial charge in [0.25, 0.3) is 0 Å². The van der Waals surface area contributed by atoms with Gasteiger partial charge in [0, 0.05) is 18.0 Å². The highest BCUT2D eigenvalue weighted by atomic mass is 16.2. The molecular formula is C11H19NO. The number of carbonyl (C=O) groups is 1. The van der Waals surface area contributed by atoms with Crippen molar-refractivity contribution >= 4 is 5.91 Å². The van der Waals surface area contributed by atoms with Crippen molar-refractivity contribution in [2.24, 2.45) is 5.92 Å². The van der Waals surface area contributed by atoms with E-state index in [1.807, 2.05) is 0 Å². The van der Waals surface area contributed by atoms with Gasteiger partial charge in [-0.1, -0.05) is 13.8 Å². The van der Waals surface area contributed by atoms with E-state index in [4.69, 9.17) is 0 Å². The van der Waals surface area contributed by atoms with Crippen LogP contribution in [-0.4, -0.2) is 22.9 Å². The molecule has 0 aromatic rings. The van der Waals surface area contributed by atoms with E-state index in [-0.39, 0.29) is 5.92 Å². The average Bonchev–Trinajstić information content (AvgIpc) is 2.76. The van der Waals surface area contributed by atoms with Crippen molar-refractivity contribution in [1.29, 1.82) is 0 Å². The first-order valence-corrected chi connectivity index (χ1v) is 5.51. The second kappa shape index (κ2) is 3.00. The van der Waals surface area contributed by atoms with Crippen molar-refractivity contribution in [3.63, 3.8) is 0 Å². The molecule has 1 amide bonds. The summed E-state index contributed by atoms with van der Waals surface area (Å²) in [5, 5.41) is 0. The number of amides is 1.